The quantitative estimate of drug-likeness (QED) is 0.382. The van der Waals surface area contributed by atoms with E-state index in [-0.39, 0.29) is 0 Å². The number of rotatable bonds is 3. The summed E-state index contributed by atoms with van der Waals surface area (Å²) in [6, 6.07) is 0. The molecule has 1 saturated heterocycles. The summed E-state index contributed by atoms with van der Waals surface area (Å²) in [5.41, 5.74) is 0. The summed E-state index contributed by atoms with van der Waals surface area (Å²) < 4.78 is 13.3. The summed E-state index contributed by atoms with van der Waals surface area (Å²) in [5.74, 6) is -9.21. The summed E-state index contributed by atoms with van der Waals surface area (Å²) in [6.45, 7) is 0. The normalized spacial score (nSPS) is 26.0. The van der Waals surface area contributed by atoms with Crippen LogP contribution in [0, 0.1) is 0 Å². The van der Waals surface area contributed by atoms with Crippen LogP contribution in [0.5, 0.6) is 0 Å². The Hall–Kier alpha value is -3.18. The maximum Gasteiger partial charge on any atom is 0.345 e. The van der Waals surface area contributed by atoms with Crippen molar-refractivity contribution in [1.82, 2.24) is 0 Å². The molecule has 0 amide bonds. The highest BCUT2D eigenvalue weighted by molar-refractivity contribution is 5.89. The molecule has 1 aliphatic heterocycles. The fourth-order valence-electron chi connectivity index (χ4n) is 1.61. The van der Waals surface area contributed by atoms with Crippen LogP contribution in [0.3, 0.4) is 0 Å². The van der Waals surface area contributed by atoms with Crippen LogP contribution in [0.25, 0.3) is 0 Å². The molecule has 0 aromatic heterocycles. The average Bonchev–Trinajstić information content (AvgIpc) is 2.43. The monoisotopic (exact) mass is 348 g/mol. The van der Waals surface area contributed by atoms with Gasteiger partial charge >= 0.3 is 35.8 Å². The van der Waals surface area contributed by atoms with Gasteiger partial charge in [-0.25, -0.2) is 14.4 Å². The average molecular weight is 348 g/mol. The van der Waals surface area contributed by atoms with Crippen molar-refractivity contribution in [3.05, 3.63) is 0 Å². The van der Waals surface area contributed by atoms with Crippen LogP contribution in [0.4, 0.5) is 0 Å². The van der Waals surface area contributed by atoms with Gasteiger partial charge < -0.3 is 29.5 Å². The largest absolute Gasteiger partial charge is 0.478 e. The summed E-state index contributed by atoms with van der Waals surface area (Å²) in [5, 5.41) is 26.6. The van der Waals surface area contributed by atoms with Crippen molar-refractivity contribution in [2.24, 2.45) is 0 Å². The fourth-order valence-corrected chi connectivity index (χ4v) is 1.61. The zero-order chi connectivity index (χ0) is 18.4. The van der Waals surface area contributed by atoms with Crippen LogP contribution in [-0.4, -0.2) is 69.4 Å². The van der Waals surface area contributed by atoms with Gasteiger partial charge in [-0.3, -0.25) is 14.4 Å². The van der Waals surface area contributed by atoms with Gasteiger partial charge in [0, 0.05) is 0 Å². The lowest BCUT2D eigenvalue weighted by Crippen LogP contribution is -2.39. The van der Waals surface area contributed by atoms with Crippen LogP contribution in [0.2, 0.25) is 0 Å². The maximum absolute atomic E-state index is 11.5. The Balaban J connectivity index is 3.07. The summed E-state index contributed by atoms with van der Waals surface area (Å²) in [4.78, 5) is 67.4. The number of hydrogen-bond acceptors (Lipinski definition) is 9. The Morgan fingerprint density at radius 1 is 0.625 bits per heavy atom. The SMILES string of the molecule is O=C1CC(C(=O)O)OC(=O)CC(C(=O)O)OC(=O)CC(C(=O)O)O1. The highest BCUT2D eigenvalue weighted by atomic mass is 16.6. The van der Waals surface area contributed by atoms with Gasteiger partial charge in [-0.2, -0.15) is 0 Å². The zero-order valence-electron chi connectivity index (χ0n) is 11.9. The molecule has 0 aliphatic carbocycles. The van der Waals surface area contributed by atoms with Crippen molar-refractivity contribution in [3.63, 3.8) is 0 Å². The van der Waals surface area contributed by atoms with Crippen LogP contribution in [0.1, 0.15) is 19.3 Å². The van der Waals surface area contributed by atoms with E-state index in [1.165, 1.54) is 0 Å². The molecule has 0 aromatic carbocycles. The molecule has 0 aromatic rings. The number of carbonyl (C=O) groups excluding carboxylic acids is 3. The molecule has 0 spiro atoms. The maximum atomic E-state index is 11.5. The van der Waals surface area contributed by atoms with Gasteiger partial charge in [0.15, 0.2) is 0 Å². The number of aliphatic carboxylic acids is 3. The molecule has 132 valence electrons. The second kappa shape index (κ2) is 7.89. The van der Waals surface area contributed by atoms with E-state index < -0.39 is 73.4 Å². The summed E-state index contributed by atoms with van der Waals surface area (Å²) >= 11 is 0. The first-order valence-electron chi connectivity index (χ1n) is 6.37. The zero-order valence-corrected chi connectivity index (χ0v) is 11.9. The van der Waals surface area contributed by atoms with Crippen LogP contribution < -0.4 is 0 Å². The minimum atomic E-state index is -2.01. The second-order valence-electron chi connectivity index (χ2n) is 4.56. The standard InChI is InChI=1S/C12H12O12/c13-7-1-4(10(16)17)22-8(14)3-6(12(20)21)24-9(15)2-5(23-7)11(18)19/h4-6H,1-3H2,(H,16,17)(H,18,19)(H,20,21). The molecule has 3 N–H and O–H groups in total. The first-order valence-corrected chi connectivity index (χ1v) is 6.37. The molecule has 24 heavy (non-hydrogen) atoms. The van der Waals surface area contributed by atoms with Crippen molar-refractivity contribution < 1.29 is 58.3 Å². The molecular weight excluding hydrogens is 336 g/mol. The molecule has 1 fully saturated rings. The molecule has 0 bridgehead atoms. The molecule has 1 heterocycles. The summed E-state index contributed by atoms with van der Waals surface area (Å²) in [7, 11) is 0. The van der Waals surface area contributed by atoms with Gasteiger partial charge in [-0.15, -0.1) is 0 Å². The Morgan fingerprint density at radius 3 is 1.00 bits per heavy atom. The molecular formula is C12H12O12. The van der Waals surface area contributed by atoms with E-state index in [2.05, 4.69) is 14.2 Å². The topological polar surface area (TPSA) is 191 Å². The van der Waals surface area contributed by atoms with E-state index >= 15 is 0 Å². The van der Waals surface area contributed by atoms with E-state index in [1.807, 2.05) is 0 Å². The lowest BCUT2D eigenvalue weighted by atomic mass is 10.2. The van der Waals surface area contributed by atoms with E-state index in [0.717, 1.165) is 0 Å². The van der Waals surface area contributed by atoms with Gasteiger partial charge in [-0.05, 0) is 0 Å². The third kappa shape index (κ3) is 5.55. The van der Waals surface area contributed by atoms with Crippen LogP contribution in [-0.2, 0) is 43.0 Å². The van der Waals surface area contributed by atoms with Crippen molar-refractivity contribution in [2.45, 2.75) is 37.6 Å². The molecule has 1 rings (SSSR count). The first-order chi connectivity index (χ1) is 11.1. The predicted molar refractivity (Wildman–Crippen MR) is 66.4 cm³/mol. The highest BCUT2D eigenvalue weighted by Crippen LogP contribution is 2.13. The number of cyclic esters (lactones) is 3. The number of ether oxygens (including phenoxy) is 3. The van der Waals surface area contributed by atoms with E-state index in [0.29, 0.717) is 0 Å². The van der Waals surface area contributed by atoms with E-state index in [1.54, 1.807) is 0 Å². The lowest BCUT2D eigenvalue weighted by molar-refractivity contribution is -0.182. The highest BCUT2D eigenvalue weighted by Gasteiger charge is 2.35. The molecule has 1 aliphatic rings. The third-order valence-electron chi connectivity index (χ3n) is 2.70. The smallest absolute Gasteiger partial charge is 0.345 e. The van der Waals surface area contributed by atoms with Gasteiger partial charge in [0.25, 0.3) is 0 Å². The van der Waals surface area contributed by atoms with Gasteiger partial charge in [0.05, 0.1) is 19.3 Å². The van der Waals surface area contributed by atoms with Crippen molar-refractivity contribution >= 4 is 35.8 Å². The number of hydrogen-bond donors (Lipinski definition) is 3. The molecule has 12 heteroatoms. The van der Waals surface area contributed by atoms with Crippen molar-refractivity contribution in [2.75, 3.05) is 0 Å². The van der Waals surface area contributed by atoms with Gasteiger partial charge in [0.2, 0.25) is 18.3 Å². The number of carboxylic acids is 3. The predicted octanol–water partition coefficient (Wildman–Crippen LogP) is -1.84. The number of carbonyl (C=O) groups is 6. The Morgan fingerprint density at radius 2 is 0.833 bits per heavy atom. The van der Waals surface area contributed by atoms with Crippen molar-refractivity contribution in [1.29, 1.82) is 0 Å². The van der Waals surface area contributed by atoms with Crippen LogP contribution in [0.15, 0.2) is 0 Å². The summed E-state index contributed by atoms with van der Waals surface area (Å²) in [6.07, 6.45) is -9.08. The van der Waals surface area contributed by atoms with Gasteiger partial charge in [0.1, 0.15) is 0 Å². The molecule has 3 atom stereocenters. The van der Waals surface area contributed by atoms with Crippen LogP contribution >= 0.6 is 0 Å². The number of carboxylic acid groups (broad SMARTS) is 3. The molecule has 12 nitrogen and oxygen atoms in total. The minimum absolute atomic E-state index is 1.02. The Labute approximate surface area is 132 Å². The fraction of sp³-hybridized carbons (Fsp3) is 0.500. The molecule has 3 unspecified atom stereocenters. The second-order valence-corrected chi connectivity index (χ2v) is 4.56. The van der Waals surface area contributed by atoms with E-state index in [4.69, 9.17) is 15.3 Å². The lowest BCUT2D eigenvalue weighted by Gasteiger charge is -2.20. The molecule has 0 saturated carbocycles. The van der Waals surface area contributed by atoms with Gasteiger partial charge in [-0.1, -0.05) is 0 Å². The number of esters is 3. The third-order valence-corrected chi connectivity index (χ3v) is 2.70. The Bertz CT molecular complexity index is 474. The first kappa shape index (κ1) is 18.9. The Kier molecular flexibility index (Phi) is 6.21. The molecule has 0 radical (unpaired) electrons. The van der Waals surface area contributed by atoms with E-state index in [9.17, 15) is 28.8 Å². The minimum Gasteiger partial charge on any atom is -0.478 e. The van der Waals surface area contributed by atoms with Crippen molar-refractivity contribution in [3.8, 4) is 0 Å².